The van der Waals surface area contributed by atoms with Gasteiger partial charge in [-0.25, -0.2) is 0 Å². The third-order valence-corrected chi connectivity index (χ3v) is 3.40. The second kappa shape index (κ2) is 6.21. The molecule has 3 atom stereocenters. The summed E-state index contributed by atoms with van der Waals surface area (Å²) in [6.45, 7) is 7.69. The number of carbonyl (C=O) groups excluding carboxylic acids is 1. The Morgan fingerprint density at radius 1 is 1.44 bits per heavy atom. The Morgan fingerprint density at radius 2 is 2.12 bits per heavy atom. The normalized spacial score (nSPS) is 27.1. The lowest BCUT2D eigenvalue weighted by Gasteiger charge is -2.18. The van der Waals surface area contributed by atoms with Crippen LogP contribution in [0.25, 0.3) is 0 Å². The fourth-order valence-electron chi connectivity index (χ4n) is 1.68. The van der Waals surface area contributed by atoms with Gasteiger partial charge >= 0.3 is 0 Å². The highest BCUT2D eigenvalue weighted by Gasteiger charge is 2.29. The minimum atomic E-state index is -0.284. The molecule has 3 N–H and O–H groups in total. The van der Waals surface area contributed by atoms with Crippen LogP contribution in [-0.4, -0.2) is 31.2 Å². The Labute approximate surface area is 97.9 Å². The van der Waals surface area contributed by atoms with Crippen molar-refractivity contribution in [2.75, 3.05) is 13.1 Å². The summed E-state index contributed by atoms with van der Waals surface area (Å²) < 4.78 is 5.53. The summed E-state index contributed by atoms with van der Waals surface area (Å²) in [4.78, 5) is 11.8. The van der Waals surface area contributed by atoms with Gasteiger partial charge < -0.3 is 15.8 Å². The summed E-state index contributed by atoms with van der Waals surface area (Å²) in [5, 5.41) is 2.95. The van der Waals surface area contributed by atoms with E-state index in [-0.39, 0.29) is 18.1 Å². The number of amides is 1. The topological polar surface area (TPSA) is 64.4 Å². The van der Waals surface area contributed by atoms with E-state index >= 15 is 0 Å². The van der Waals surface area contributed by atoms with Gasteiger partial charge in [-0.05, 0) is 24.7 Å². The van der Waals surface area contributed by atoms with Gasteiger partial charge in [0, 0.05) is 13.1 Å². The van der Waals surface area contributed by atoms with Gasteiger partial charge in [-0.3, -0.25) is 4.79 Å². The molecule has 0 aromatic heterocycles. The van der Waals surface area contributed by atoms with Gasteiger partial charge in [-0.2, -0.15) is 0 Å². The second-order valence-corrected chi connectivity index (χ2v) is 5.03. The highest BCUT2D eigenvalue weighted by molar-refractivity contribution is 5.81. The molecular weight excluding hydrogens is 204 g/mol. The highest BCUT2D eigenvalue weighted by Crippen LogP contribution is 2.19. The molecule has 1 amide bonds. The average Bonchev–Trinajstić information content (AvgIpc) is 2.73. The predicted molar refractivity (Wildman–Crippen MR) is 64.0 cm³/mol. The van der Waals surface area contributed by atoms with Crippen molar-refractivity contribution in [3.63, 3.8) is 0 Å². The number of ether oxygens (including phenoxy) is 1. The molecule has 0 radical (unpaired) electrons. The second-order valence-electron chi connectivity index (χ2n) is 5.03. The number of carbonyl (C=O) groups is 1. The predicted octanol–water partition coefficient (Wildman–Crippen LogP) is 0.901. The van der Waals surface area contributed by atoms with Crippen molar-refractivity contribution in [2.45, 2.75) is 45.8 Å². The fourth-order valence-corrected chi connectivity index (χ4v) is 1.68. The molecule has 0 aliphatic carbocycles. The van der Waals surface area contributed by atoms with E-state index in [4.69, 9.17) is 10.5 Å². The quantitative estimate of drug-likeness (QED) is 0.735. The maximum atomic E-state index is 11.8. The minimum Gasteiger partial charge on any atom is -0.364 e. The molecule has 0 spiro atoms. The first kappa shape index (κ1) is 13.5. The monoisotopic (exact) mass is 228 g/mol. The van der Waals surface area contributed by atoms with Crippen LogP contribution in [0.15, 0.2) is 0 Å². The van der Waals surface area contributed by atoms with Crippen LogP contribution < -0.4 is 11.1 Å². The first-order valence-corrected chi connectivity index (χ1v) is 6.17. The van der Waals surface area contributed by atoms with Crippen LogP contribution >= 0.6 is 0 Å². The van der Waals surface area contributed by atoms with Gasteiger partial charge in [0.2, 0.25) is 5.91 Å². The van der Waals surface area contributed by atoms with E-state index in [1.807, 2.05) is 0 Å². The molecule has 16 heavy (non-hydrogen) atoms. The van der Waals surface area contributed by atoms with E-state index in [2.05, 4.69) is 26.1 Å². The molecule has 1 saturated heterocycles. The molecule has 4 nitrogen and oxygen atoms in total. The van der Waals surface area contributed by atoms with Gasteiger partial charge in [0.25, 0.3) is 0 Å². The Hall–Kier alpha value is -0.610. The molecule has 0 aromatic carbocycles. The van der Waals surface area contributed by atoms with Gasteiger partial charge in [0.1, 0.15) is 6.10 Å². The van der Waals surface area contributed by atoms with Crippen LogP contribution in [0.2, 0.25) is 0 Å². The highest BCUT2D eigenvalue weighted by atomic mass is 16.5. The lowest BCUT2D eigenvalue weighted by atomic mass is 9.98. The van der Waals surface area contributed by atoms with Crippen LogP contribution in [-0.2, 0) is 9.53 Å². The van der Waals surface area contributed by atoms with Crippen molar-refractivity contribution >= 4 is 5.91 Å². The van der Waals surface area contributed by atoms with Crippen LogP contribution in [0.3, 0.4) is 0 Å². The maximum Gasteiger partial charge on any atom is 0.249 e. The Balaban J connectivity index is 2.26. The van der Waals surface area contributed by atoms with Crippen molar-refractivity contribution in [3.8, 4) is 0 Å². The van der Waals surface area contributed by atoms with Crippen molar-refractivity contribution in [3.05, 3.63) is 0 Å². The molecule has 1 aliphatic heterocycles. The molecule has 0 aromatic rings. The zero-order valence-electron chi connectivity index (χ0n) is 10.5. The molecule has 1 fully saturated rings. The first-order valence-electron chi connectivity index (χ1n) is 6.17. The van der Waals surface area contributed by atoms with E-state index in [0.717, 1.165) is 19.4 Å². The number of rotatable bonds is 5. The summed E-state index contributed by atoms with van der Waals surface area (Å²) in [6, 6.07) is 0. The summed E-state index contributed by atoms with van der Waals surface area (Å²) in [5.74, 6) is 1.10. The van der Waals surface area contributed by atoms with E-state index < -0.39 is 0 Å². The van der Waals surface area contributed by atoms with Crippen molar-refractivity contribution in [1.29, 1.82) is 0 Å². The van der Waals surface area contributed by atoms with E-state index in [1.54, 1.807) is 0 Å². The summed E-state index contributed by atoms with van der Waals surface area (Å²) in [6.07, 6.45) is 1.48. The average molecular weight is 228 g/mol. The number of nitrogens with one attached hydrogen (secondary N) is 1. The van der Waals surface area contributed by atoms with Gasteiger partial charge in [-0.1, -0.05) is 20.8 Å². The molecule has 1 rings (SSSR count). The summed E-state index contributed by atoms with van der Waals surface area (Å²) in [5.41, 5.74) is 5.50. The van der Waals surface area contributed by atoms with Crippen molar-refractivity contribution in [2.24, 2.45) is 17.6 Å². The summed E-state index contributed by atoms with van der Waals surface area (Å²) in [7, 11) is 0. The third-order valence-electron chi connectivity index (χ3n) is 3.40. The first-order chi connectivity index (χ1) is 7.54. The zero-order chi connectivity index (χ0) is 12.1. The van der Waals surface area contributed by atoms with Crippen molar-refractivity contribution in [1.82, 2.24) is 5.32 Å². The molecular formula is C12H24N2O2. The molecule has 4 heteroatoms. The van der Waals surface area contributed by atoms with Crippen LogP contribution in [0, 0.1) is 11.8 Å². The molecule has 1 heterocycles. The zero-order valence-corrected chi connectivity index (χ0v) is 10.5. The Kier molecular flexibility index (Phi) is 5.22. The van der Waals surface area contributed by atoms with Crippen LogP contribution in [0.1, 0.15) is 33.6 Å². The number of hydrogen-bond donors (Lipinski definition) is 2. The van der Waals surface area contributed by atoms with Crippen LogP contribution in [0.5, 0.6) is 0 Å². The number of nitrogens with two attached hydrogens (primary N) is 1. The minimum absolute atomic E-state index is 0.0171. The Bertz CT molecular complexity index is 231. The lowest BCUT2D eigenvalue weighted by Crippen LogP contribution is -2.38. The lowest BCUT2D eigenvalue weighted by molar-refractivity contribution is -0.132. The molecule has 0 saturated carbocycles. The Morgan fingerprint density at radius 3 is 2.62 bits per heavy atom. The largest absolute Gasteiger partial charge is 0.364 e. The molecule has 0 bridgehead atoms. The van der Waals surface area contributed by atoms with Crippen molar-refractivity contribution < 1.29 is 9.53 Å². The SMILES string of the molecule is CC(C)C(C)CNC(=O)C1CCC(CN)O1. The number of hydrogen-bond acceptors (Lipinski definition) is 3. The summed E-state index contributed by atoms with van der Waals surface area (Å²) >= 11 is 0. The fraction of sp³-hybridized carbons (Fsp3) is 0.917. The van der Waals surface area contributed by atoms with Gasteiger partial charge in [-0.15, -0.1) is 0 Å². The molecule has 3 unspecified atom stereocenters. The van der Waals surface area contributed by atoms with E-state index in [9.17, 15) is 4.79 Å². The molecule has 94 valence electrons. The maximum absolute atomic E-state index is 11.8. The van der Waals surface area contributed by atoms with E-state index in [0.29, 0.717) is 18.4 Å². The smallest absolute Gasteiger partial charge is 0.249 e. The van der Waals surface area contributed by atoms with E-state index in [1.165, 1.54) is 0 Å². The molecule has 1 aliphatic rings. The standard InChI is InChI=1S/C12H24N2O2/c1-8(2)9(3)7-14-12(15)11-5-4-10(6-13)16-11/h8-11H,4-7,13H2,1-3H3,(H,14,15). The van der Waals surface area contributed by atoms with Gasteiger partial charge in [0.05, 0.1) is 6.10 Å². The third kappa shape index (κ3) is 3.76. The van der Waals surface area contributed by atoms with Crippen LogP contribution in [0.4, 0.5) is 0 Å². The van der Waals surface area contributed by atoms with Gasteiger partial charge in [0.15, 0.2) is 0 Å².